The van der Waals surface area contributed by atoms with E-state index >= 15 is 0 Å². The second-order valence-electron chi connectivity index (χ2n) is 6.75. The molecule has 0 bridgehead atoms. The second-order valence-corrected chi connectivity index (χ2v) is 8.80. The third-order valence-corrected chi connectivity index (χ3v) is 6.61. The molecule has 1 aliphatic heterocycles. The minimum absolute atomic E-state index is 0.212. The number of fused-ring (bicyclic) bond motifs is 1. The zero-order chi connectivity index (χ0) is 16.4. The van der Waals surface area contributed by atoms with Crippen LogP contribution in [0.25, 0.3) is 0 Å². The van der Waals surface area contributed by atoms with Crippen LogP contribution >= 0.6 is 0 Å². The van der Waals surface area contributed by atoms with Gasteiger partial charge in [0.05, 0.1) is 11.4 Å². The Morgan fingerprint density at radius 1 is 1.30 bits per heavy atom. The lowest BCUT2D eigenvalue weighted by molar-refractivity contribution is 0.322. The van der Waals surface area contributed by atoms with Gasteiger partial charge in [-0.2, -0.15) is 0 Å². The van der Waals surface area contributed by atoms with E-state index in [1.807, 2.05) is 0 Å². The van der Waals surface area contributed by atoms with Crippen LogP contribution in [0.3, 0.4) is 0 Å². The zero-order valence-electron chi connectivity index (χ0n) is 14.2. The van der Waals surface area contributed by atoms with E-state index in [2.05, 4.69) is 21.1 Å². The summed E-state index contributed by atoms with van der Waals surface area (Å²) in [6.07, 6.45) is 6.66. The number of nitrogens with one attached hydrogen (secondary N) is 1. The Labute approximate surface area is 139 Å². The number of rotatable bonds is 6. The summed E-state index contributed by atoms with van der Waals surface area (Å²) in [4.78, 5) is 7.18. The Morgan fingerprint density at radius 2 is 2.09 bits per heavy atom. The molecule has 2 aliphatic rings. The molecule has 1 saturated heterocycles. The maximum absolute atomic E-state index is 11.5. The number of likely N-dealkylation sites (tertiary alicyclic amines) is 1. The van der Waals surface area contributed by atoms with Gasteiger partial charge in [0, 0.05) is 24.8 Å². The SMILES string of the molecule is CNS(=O)(=O)CCCN1CCC(n2c(C)nc3c2CCCC3)C1. The van der Waals surface area contributed by atoms with Crippen molar-refractivity contribution in [2.75, 3.05) is 32.4 Å². The van der Waals surface area contributed by atoms with E-state index in [9.17, 15) is 8.42 Å². The van der Waals surface area contributed by atoms with E-state index < -0.39 is 10.0 Å². The average Bonchev–Trinajstić information content (AvgIpc) is 3.10. The fraction of sp³-hybridized carbons (Fsp3) is 0.812. The first-order valence-corrected chi connectivity index (χ1v) is 10.4. The van der Waals surface area contributed by atoms with Crippen LogP contribution in [0.4, 0.5) is 0 Å². The van der Waals surface area contributed by atoms with Crippen molar-refractivity contribution < 1.29 is 8.42 Å². The Bertz CT molecular complexity index is 653. The highest BCUT2D eigenvalue weighted by Gasteiger charge is 2.28. The van der Waals surface area contributed by atoms with Gasteiger partial charge in [-0.05, 0) is 59.0 Å². The summed E-state index contributed by atoms with van der Waals surface area (Å²) in [5.74, 6) is 1.37. The number of nitrogens with zero attached hydrogens (tertiary/aromatic N) is 3. The van der Waals surface area contributed by atoms with Crippen molar-refractivity contribution in [2.24, 2.45) is 0 Å². The fourth-order valence-corrected chi connectivity index (χ4v) is 4.70. The van der Waals surface area contributed by atoms with E-state index in [-0.39, 0.29) is 5.75 Å². The third-order valence-electron chi connectivity index (χ3n) is 5.16. The van der Waals surface area contributed by atoms with Gasteiger partial charge in [0.1, 0.15) is 5.82 Å². The van der Waals surface area contributed by atoms with Crippen molar-refractivity contribution in [3.05, 3.63) is 17.2 Å². The fourth-order valence-electron chi connectivity index (χ4n) is 3.99. The number of hydrogen-bond donors (Lipinski definition) is 1. The van der Waals surface area contributed by atoms with Crippen molar-refractivity contribution in [1.82, 2.24) is 19.2 Å². The molecular weight excluding hydrogens is 312 g/mol. The molecule has 7 heteroatoms. The quantitative estimate of drug-likeness (QED) is 0.846. The van der Waals surface area contributed by atoms with Gasteiger partial charge in [-0.15, -0.1) is 0 Å². The minimum Gasteiger partial charge on any atom is -0.328 e. The van der Waals surface area contributed by atoms with Crippen molar-refractivity contribution in [3.8, 4) is 0 Å². The van der Waals surface area contributed by atoms with Gasteiger partial charge in [0.2, 0.25) is 10.0 Å². The normalized spacial score (nSPS) is 22.4. The Kier molecular flexibility index (Phi) is 5.08. The lowest BCUT2D eigenvalue weighted by atomic mass is 10.0. The topological polar surface area (TPSA) is 67.2 Å². The van der Waals surface area contributed by atoms with E-state index in [0.29, 0.717) is 12.5 Å². The standard InChI is InChI=1S/C16H28N4O2S/c1-13-18-15-6-3-4-7-16(15)20(13)14-8-10-19(12-14)9-5-11-23(21,22)17-2/h14,17H,3-12H2,1-2H3. The number of hydrogen-bond acceptors (Lipinski definition) is 4. The van der Waals surface area contributed by atoms with Crippen LogP contribution in [0, 0.1) is 6.92 Å². The third kappa shape index (κ3) is 3.78. The van der Waals surface area contributed by atoms with Gasteiger partial charge < -0.3 is 9.47 Å². The summed E-state index contributed by atoms with van der Waals surface area (Å²) in [6.45, 7) is 5.05. The van der Waals surface area contributed by atoms with Crippen LogP contribution in [0.5, 0.6) is 0 Å². The molecule has 1 fully saturated rings. The van der Waals surface area contributed by atoms with Gasteiger partial charge in [-0.3, -0.25) is 0 Å². The molecule has 1 atom stereocenters. The Balaban J connectivity index is 1.59. The van der Waals surface area contributed by atoms with E-state index in [0.717, 1.165) is 44.7 Å². The van der Waals surface area contributed by atoms with E-state index in [1.54, 1.807) is 0 Å². The molecule has 0 aromatic carbocycles. The van der Waals surface area contributed by atoms with Crippen molar-refractivity contribution >= 4 is 10.0 Å². The molecule has 6 nitrogen and oxygen atoms in total. The molecule has 23 heavy (non-hydrogen) atoms. The zero-order valence-corrected chi connectivity index (χ0v) is 15.0. The monoisotopic (exact) mass is 340 g/mol. The van der Waals surface area contributed by atoms with Gasteiger partial charge in [-0.25, -0.2) is 18.1 Å². The molecule has 1 aliphatic carbocycles. The molecule has 0 saturated carbocycles. The number of imidazole rings is 1. The van der Waals surface area contributed by atoms with Crippen LogP contribution in [-0.4, -0.2) is 55.3 Å². The molecule has 130 valence electrons. The van der Waals surface area contributed by atoms with Crippen LogP contribution in [0.1, 0.15) is 48.9 Å². The number of sulfonamides is 1. The summed E-state index contributed by atoms with van der Waals surface area (Å²) in [7, 11) is -1.60. The molecule has 3 rings (SSSR count). The van der Waals surface area contributed by atoms with Gasteiger partial charge >= 0.3 is 0 Å². The smallest absolute Gasteiger partial charge is 0.211 e. The largest absolute Gasteiger partial charge is 0.328 e. The Morgan fingerprint density at radius 3 is 2.87 bits per heavy atom. The first kappa shape index (κ1) is 16.9. The molecule has 1 unspecified atom stereocenters. The minimum atomic E-state index is -3.08. The van der Waals surface area contributed by atoms with Crippen LogP contribution < -0.4 is 4.72 Å². The number of aryl methyl sites for hydroxylation is 2. The molecule has 1 aromatic heterocycles. The molecular formula is C16H28N4O2S. The summed E-state index contributed by atoms with van der Waals surface area (Å²) >= 11 is 0. The number of aromatic nitrogens is 2. The van der Waals surface area contributed by atoms with E-state index in [1.165, 1.54) is 31.3 Å². The molecule has 0 amide bonds. The highest BCUT2D eigenvalue weighted by molar-refractivity contribution is 7.89. The maximum Gasteiger partial charge on any atom is 0.211 e. The summed E-state index contributed by atoms with van der Waals surface area (Å²) in [5, 5.41) is 0. The highest BCUT2D eigenvalue weighted by atomic mass is 32.2. The Hall–Kier alpha value is -0.920. The lowest BCUT2D eigenvalue weighted by Crippen LogP contribution is -2.28. The van der Waals surface area contributed by atoms with Gasteiger partial charge in [-0.1, -0.05) is 0 Å². The predicted molar refractivity (Wildman–Crippen MR) is 91.2 cm³/mol. The van der Waals surface area contributed by atoms with Crippen LogP contribution in [0.15, 0.2) is 0 Å². The van der Waals surface area contributed by atoms with Crippen molar-refractivity contribution in [2.45, 2.75) is 51.5 Å². The van der Waals surface area contributed by atoms with E-state index in [4.69, 9.17) is 4.98 Å². The first-order chi connectivity index (χ1) is 11.0. The van der Waals surface area contributed by atoms with Crippen LogP contribution in [-0.2, 0) is 22.9 Å². The van der Waals surface area contributed by atoms with Crippen molar-refractivity contribution in [1.29, 1.82) is 0 Å². The predicted octanol–water partition coefficient (Wildman–Crippen LogP) is 1.26. The molecule has 0 radical (unpaired) electrons. The molecule has 0 spiro atoms. The molecule has 1 N–H and O–H groups in total. The maximum atomic E-state index is 11.5. The van der Waals surface area contributed by atoms with Crippen LogP contribution in [0.2, 0.25) is 0 Å². The summed E-state index contributed by atoms with van der Waals surface area (Å²) < 4.78 is 27.8. The molecule has 2 heterocycles. The lowest BCUT2D eigenvalue weighted by Gasteiger charge is -2.21. The summed E-state index contributed by atoms with van der Waals surface area (Å²) in [5.41, 5.74) is 2.77. The first-order valence-electron chi connectivity index (χ1n) is 8.70. The molecule has 1 aromatic rings. The summed E-state index contributed by atoms with van der Waals surface area (Å²) in [6, 6.07) is 0.505. The van der Waals surface area contributed by atoms with Crippen molar-refractivity contribution in [3.63, 3.8) is 0 Å². The highest BCUT2D eigenvalue weighted by Crippen LogP contribution is 2.30. The average molecular weight is 340 g/mol. The van der Waals surface area contributed by atoms with Gasteiger partial charge in [0.25, 0.3) is 0 Å². The van der Waals surface area contributed by atoms with Gasteiger partial charge in [0.15, 0.2) is 0 Å². The second kappa shape index (κ2) is 6.91.